The largest absolute Gasteiger partial charge is 0.473 e. The molecular formula is C14H19N5O2. The Morgan fingerprint density at radius 1 is 1.38 bits per heavy atom. The molecule has 2 atom stereocenters. The van der Waals surface area contributed by atoms with Crippen LogP contribution in [-0.4, -0.2) is 37.8 Å². The minimum Gasteiger partial charge on any atom is -0.473 e. The van der Waals surface area contributed by atoms with E-state index in [9.17, 15) is 5.11 Å². The Kier molecular flexibility index (Phi) is 3.50. The van der Waals surface area contributed by atoms with Crippen molar-refractivity contribution in [1.82, 2.24) is 19.9 Å². The predicted octanol–water partition coefficient (Wildman–Crippen LogP) is 1.37. The van der Waals surface area contributed by atoms with Crippen molar-refractivity contribution in [3.8, 4) is 5.88 Å². The second kappa shape index (κ2) is 5.33. The van der Waals surface area contributed by atoms with Gasteiger partial charge in [-0.1, -0.05) is 12.2 Å². The van der Waals surface area contributed by atoms with Gasteiger partial charge in [-0.25, -0.2) is 4.98 Å². The monoisotopic (exact) mass is 289 g/mol. The highest BCUT2D eigenvalue weighted by molar-refractivity contribution is 5.77. The van der Waals surface area contributed by atoms with Gasteiger partial charge in [0.05, 0.1) is 6.10 Å². The van der Waals surface area contributed by atoms with Crippen molar-refractivity contribution in [2.24, 2.45) is 5.92 Å². The topological polar surface area (TPSA) is 110 Å². The molecule has 0 unspecified atom stereocenters. The zero-order chi connectivity index (χ0) is 15.0. The highest BCUT2D eigenvalue weighted by Crippen LogP contribution is 2.32. The molecule has 0 radical (unpaired) electrons. The number of aliphatic hydroxyl groups excluding tert-OH is 1. The van der Waals surface area contributed by atoms with Crippen LogP contribution >= 0.6 is 0 Å². The minimum atomic E-state index is -0.0144. The highest BCUT2D eigenvalue weighted by atomic mass is 16.5. The highest BCUT2D eigenvalue weighted by Gasteiger charge is 2.24. The minimum absolute atomic E-state index is 0.0144. The van der Waals surface area contributed by atoms with Gasteiger partial charge in [0.1, 0.15) is 11.3 Å². The molecule has 1 aliphatic carbocycles. The molecule has 0 saturated heterocycles. The molecule has 2 heterocycles. The van der Waals surface area contributed by atoms with Crippen molar-refractivity contribution in [3.05, 3.63) is 18.0 Å². The van der Waals surface area contributed by atoms with Gasteiger partial charge in [-0.05, 0) is 20.3 Å². The summed E-state index contributed by atoms with van der Waals surface area (Å²) in [6, 6.07) is 0. The Morgan fingerprint density at radius 2 is 2.19 bits per heavy atom. The van der Waals surface area contributed by atoms with Crippen LogP contribution in [0.2, 0.25) is 0 Å². The Balaban J connectivity index is 1.98. The van der Waals surface area contributed by atoms with Gasteiger partial charge in [0.2, 0.25) is 11.8 Å². The average molecular weight is 289 g/mol. The molecule has 7 heteroatoms. The maximum Gasteiger partial charge on any atom is 0.245 e. The van der Waals surface area contributed by atoms with Gasteiger partial charge in [-0.15, -0.1) is 0 Å². The maximum absolute atomic E-state index is 9.21. The van der Waals surface area contributed by atoms with Gasteiger partial charge in [-0.3, -0.25) is 0 Å². The Hall–Kier alpha value is -2.15. The zero-order valence-corrected chi connectivity index (χ0v) is 12.1. The standard InChI is InChI=1S/C14H19N5O2/c1-7(2)21-13-10-12(18-14(15)19-13)17-11(16-10)9-4-3-8(5-9)6-20/h3-4,7-9,20H,5-6H2,1-2H3,(H3,15,16,17,18,19)/t8-,9+/m0/s1. The van der Waals surface area contributed by atoms with Crippen molar-refractivity contribution in [1.29, 1.82) is 0 Å². The first-order chi connectivity index (χ1) is 10.1. The van der Waals surface area contributed by atoms with Gasteiger partial charge >= 0.3 is 0 Å². The summed E-state index contributed by atoms with van der Waals surface area (Å²) in [5.41, 5.74) is 6.87. The van der Waals surface area contributed by atoms with Crippen molar-refractivity contribution < 1.29 is 9.84 Å². The number of allylic oxidation sites excluding steroid dienone is 1. The van der Waals surface area contributed by atoms with Crippen LogP contribution in [0.5, 0.6) is 5.88 Å². The smallest absolute Gasteiger partial charge is 0.245 e. The second-order valence-corrected chi connectivity index (χ2v) is 5.54. The molecule has 7 nitrogen and oxygen atoms in total. The van der Waals surface area contributed by atoms with Crippen LogP contribution in [-0.2, 0) is 0 Å². The van der Waals surface area contributed by atoms with Crippen LogP contribution in [0, 0.1) is 5.92 Å². The van der Waals surface area contributed by atoms with E-state index in [0.29, 0.717) is 17.0 Å². The third-order valence-electron chi connectivity index (χ3n) is 3.46. The number of rotatable bonds is 4. The van der Waals surface area contributed by atoms with Crippen LogP contribution in [0.3, 0.4) is 0 Å². The molecule has 3 rings (SSSR count). The SMILES string of the molecule is CC(C)Oc1nc(N)nc2nc([C@@H]3C=C[C@H](CO)C3)[nH]c12. The summed E-state index contributed by atoms with van der Waals surface area (Å²) in [7, 11) is 0. The fourth-order valence-electron chi connectivity index (χ4n) is 2.50. The first-order valence-corrected chi connectivity index (χ1v) is 7.05. The number of nitrogens with zero attached hydrogens (tertiary/aromatic N) is 3. The van der Waals surface area contributed by atoms with Crippen molar-refractivity contribution in [2.45, 2.75) is 32.3 Å². The molecule has 1 aliphatic rings. The van der Waals surface area contributed by atoms with Crippen molar-refractivity contribution >= 4 is 17.1 Å². The van der Waals surface area contributed by atoms with Crippen LogP contribution in [0.4, 0.5) is 5.95 Å². The molecule has 0 bridgehead atoms. The van der Waals surface area contributed by atoms with E-state index in [1.54, 1.807) is 0 Å². The Morgan fingerprint density at radius 3 is 2.86 bits per heavy atom. The van der Waals surface area contributed by atoms with Gasteiger partial charge in [-0.2, -0.15) is 9.97 Å². The number of hydrogen-bond donors (Lipinski definition) is 3. The van der Waals surface area contributed by atoms with Crippen LogP contribution in [0.15, 0.2) is 12.2 Å². The van der Waals surface area contributed by atoms with E-state index >= 15 is 0 Å². The molecule has 2 aromatic heterocycles. The molecule has 2 aromatic rings. The number of H-pyrrole nitrogens is 1. The first-order valence-electron chi connectivity index (χ1n) is 7.05. The number of aromatic nitrogens is 4. The maximum atomic E-state index is 9.21. The molecule has 0 aliphatic heterocycles. The second-order valence-electron chi connectivity index (χ2n) is 5.54. The molecule has 112 valence electrons. The molecule has 0 aromatic carbocycles. The summed E-state index contributed by atoms with van der Waals surface area (Å²) in [6.07, 6.45) is 4.89. The summed E-state index contributed by atoms with van der Waals surface area (Å²) in [5.74, 6) is 1.69. The molecule has 0 amide bonds. The fourth-order valence-corrected chi connectivity index (χ4v) is 2.50. The quantitative estimate of drug-likeness (QED) is 0.733. The summed E-state index contributed by atoms with van der Waals surface area (Å²) in [5, 5.41) is 9.21. The number of anilines is 1. The van der Waals surface area contributed by atoms with E-state index in [2.05, 4.69) is 26.0 Å². The lowest BCUT2D eigenvalue weighted by Gasteiger charge is -2.09. The third kappa shape index (κ3) is 2.69. The molecule has 4 N–H and O–H groups in total. The van der Waals surface area contributed by atoms with Gasteiger partial charge in [0.25, 0.3) is 0 Å². The number of nitrogens with one attached hydrogen (secondary N) is 1. The third-order valence-corrected chi connectivity index (χ3v) is 3.46. The van der Waals surface area contributed by atoms with Crippen LogP contribution < -0.4 is 10.5 Å². The molecular weight excluding hydrogens is 270 g/mol. The number of fused-ring (bicyclic) bond motifs is 1. The Bertz CT molecular complexity index is 679. The summed E-state index contributed by atoms with van der Waals surface area (Å²) < 4.78 is 5.67. The van der Waals surface area contributed by atoms with Crippen molar-refractivity contribution in [2.75, 3.05) is 12.3 Å². The van der Waals surface area contributed by atoms with Gasteiger partial charge in [0.15, 0.2) is 5.65 Å². The average Bonchev–Trinajstić information content (AvgIpc) is 3.02. The summed E-state index contributed by atoms with van der Waals surface area (Å²) in [4.78, 5) is 16.0. The number of nitrogen functional groups attached to an aromatic ring is 1. The van der Waals surface area contributed by atoms with E-state index in [1.807, 2.05) is 19.9 Å². The molecule has 0 fully saturated rings. The fraction of sp³-hybridized carbons (Fsp3) is 0.500. The molecule has 0 saturated carbocycles. The number of aliphatic hydroxyl groups is 1. The number of imidazole rings is 1. The number of nitrogens with two attached hydrogens (primary N) is 1. The molecule has 0 spiro atoms. The van der Waals surface area contributed by atoms with Gasteiger partial charge in [0, 0.05) is 18.4 Å². The normalized spacial score (nSPS) is 21.5. The lowest BCUT2D eigenvalue weighted by atomic mass is 10.0. The number of hydrogen-bond acceptors (Lipinski definition) is 6. The number of aromatic amines is 1. The van der Waals surface area contributed by atoms with Crippen molar-refractivity contribution in [3.63, 3.8) is 0 Å². The van der Waals surface area contributed by atoms with E-state index in [0.717, 1.165) is 12.2 Å². The van der Waals surface area contributed by atoms with E-state index < -0.39 is 0 Å². The lowest BCUT2D eigenvalue weighted by Crippen LogP contribution is -2.09. The predicted molar refractivity (Wildman–Crippen MR) is 78.9 cm³/mol. The summed E-state index contributed by atoms with van der Waals surface area (Å²) >= 11 is 0. The van der Waals surface area contributed by atoms with E-state index in [1.165, 1.54) is 0 Å². The Labute approximate surface area is 122 Å². The molecule has 21 heavy (non-hydrogen) atoms. The lowest BCUT2D eigenvalue weighted by molar-refractivity contribution is 0.235. The number of ether oxygens (including phenoxy) is 1. The zero-order valence-electron chi connectivity index (χ0n) is 12.1. The van der Waals surface area contributed by atoms with E-state index in [-0.39, 0.29) is 30.5 Å². The van der Waals surface area contributed by atoms with Gasteiger partial charge < -0.3 is 20.6 Å². The summed E-state index contributed by atoms with van der Waals surface area (Å²) in [6.45, 7) is 4.00. The van der Waals surface area contributed by atoms with E-state index in [4.69, 9.17) is 10.5 Å². The first kappa shape index (κ1) is 13.8. The van der Waals surface area contributed by atoms with Crippen LogP contribution in [0.1, 0.15) is 32.0 Å². The van der Waals surface area contributed by atoms with Crippen LogP contribution in [0.25, 0.3) is 11.2 Å².